The number of aromatic nitrogens is 1. The SMILES string of the molecule is Cc1c2ccc(-n3cc(F)c4c(Cl)c(F)ccc43)c1S2(=O)=O. The van der Waals surface area contributed by atoms with Crippen LogP contribution in [0.15, 0.2) is 40.3 Å². The van der Waals surface area contributed by atoms with Gasteiger partial charge in [-0.25, -0.2) is 17.2 Å². The molecule has 22 heavy (non-hydrogen) atoms. The zero-order valence-electron chi connectivity index (χ0n) is 11.2. The highest BCUT2D eigenvalue weighted by Gasteiger charge is 2.37. The van der Waals surface area contributed by atoms with Gasteiger partial charge in [0.25, 0.3) is 0 Å². The van der Waals surface area contributed by atoms with Crippen LogP contribution in [0.25, 0.3) is 16.6 Å². The number of fused-ring (bicyclic) bond motifs is 3. The van der Waals surface area contributed by atoms with Crippen molar-refractivity contribution < 1.29 is 17.2 Å². The highest BCUT2D eigenvalue weighted by atomic mass is 35.5. The van der Waals surface area contributed by atoms with E-state index in [4.69, 9.17) is 11.6 Å². The first-order valence-electron chi connectivity index (χ1n) is 6.37. The summed E-state index contributed by atoms with van der Waals surface area (Å²) < 4.78 is 53.3. The minimum Gasteiger partial charge on any atom is -0.312 e. The van der Waals surface area contributed by atoms with Crippen LogP contribution in [0, 0.1) is 18.6 Å². The highest BCUT2D eigenvalue weighted by molar-refractivity contribution is 7.93. The van der Waals surface area contributed by atoms with E-state index >= 15 is 0 Å². The van der Waals surface area contributed by atoms with E-state index in [1.54, 1.807) is 13.0 Å². The number of hydrogen-bond donors (Lipinski definition) is 0. The fourth-order valence-electron chi connectivity index (χ4n) is 2.96. The van der Waals surface area contributed by atoms with E-state index < -0.39 is 21.5 Å². The Balaban J connectivity index is 2.12. The second-order valence-electron chi connectivity index (χ2n) is 5.14. The molecule has 0 fully saturated rings. The zero-order chi connectivity index (χ0) is 15.8. The van der Waals surface area contributed by atoms with Gasteiger partial charge in [-0.2, -0.15) is 0 Å². The third-order valence-electron chi connectivity index (χ3n) is 3.97. The predicted molar refractivity (Wildman–Crippen MR) is 78.4 cm³/mol. The van der Waals surface area contributed by atoms with Crippen LogP contribution in [0.1, 0.15) is 5.56 Å². The van der Waals surface area contributed by atoms with Crippen molar-refractivity contribution in [3.05, 3.63) is 52.7 Å². The van der Waals surface area contributed by atoms with Crippen LogP contribution in [0.3, 0.4) is 0 Å². The summed E-state index contributed by atoms with van der Waals surface area (Å²) in [5, 5.41) is -0.379. The van der Waals surface area contributed by atoms with Crippen molar-refractivity contribution in [2.24, 2.45) is 0 Å². The third-order valence-corrected chi connectivity index (χ3v) is 6.41. The van der Waals surface area contributed by atoms with Crippen LogP contribution in [0.5, 0.6) is 0 Å². The summed E-state index contributed by atoms with van der Waals surface area (Å²) in [6.45, 7) is 1.70. The molecule has 0 atom stereocenters. The van der Waals surface area contributed by atoms with E-state index in [0.29, 0.717) is 16.8 Å². The monoisotopic (exact) mass is 339 g/mol. The molecule has 2 aromatic carbocycles. The topological polar surface area (TPSA) is 39.1 Å². The van der Waals surface area contributed by atoms with Crippen molar-refractivity contribution in [3.63, 3.8) is 0 Å². The number of sulfone groups is 1. The second-order valence-corrected chi connectivity index (χ2v) is 7.38. The van der Waals surface area contributed by atoms with Crippen LogP contribution in [-0.2, 0) is 9.84 Å². The first-order valence-corrected chi connectivity index (χ1v) is 8.24. The molecule has 3 heterocycles. The minimum absolute atomic E-state index is 0.0627. The molecule has 0 radical (unpaired) electrons. The molecule has 1 aromatic heterocycles. The van der Waals surface area contributed by atoms with Crippen LogP contribution in [-0.4, -0.2) is 13.0 Å². The minimum atomic E-state index is -3.47. The van der Waals surface area contributed by atoms with E-state index in [-0.39, 0.29) is 20.2 Å². The normalized spacial score (nSPS) is 15.1. The molecule has 7 heteroatoms. The molecule has 2 aliphatic heterocycles. The van der Waals surface area contributed by atoms with Crippen LogP contribution in [0.4, 0.5) is 8.78 Å². The Kier molecular flexibility index (Phi) is 2.55. The van der Waals surface area contributed by atoms with E-state index in [0.717, 1.165) is 12.3 Å². The molecule has 0 unspecified atom stereocenters. The van der Waals surface area contributed by atoms with Gasteiger partial charge >= 0.3 is 0 Å². The Bertz CT molecular complexity index is 1090. The summed E-state index contributed by atoms with van der Waals surface area (Å²) in [6.07, 6.45) is 1.12. The Morgan fingerprint density at radius 3 is 2.45 bits per heavy atom. The van der Waals surface area contributed by atoms with Gasteiger partial charge in [-0.05, 0) is 36.8 Å². The number of hydrogen-bond acceptors (Lipinski definition) is 2. The Labute approximate surface area is 129 Å². The smallest absolute Gasteiger partial charge is 0.209 e. The Morgan fingerprint density at radius 2 is 1.82 bits per heavy atom. The van der Waals surface area contributed by atoms with Gasteiger partial charge in [-0.3, -0.25) is 0 Å². The maximum atomic E-state index is 14.2. The zero-order valence-corrected chi connectivity index (χ0v) is 12.8. The standard InChI is InChI=1S/C15H8ClF2NO2S/c1-7-12-5-4-11(15(7)22(12,20)21)19-6-9(18)13-10(19)3-2-8(17)14(13)16/h2-6H,1H3. The number of halogens is 3. The van der Waals surface area contributed by atoms with Crippen LogP contribution >= 0.6 is 11.6 Å². The van der Waals surface area contributed by atoms with Gasteiger partial charge in [0.05, 0.1) is 31.4 Å². The van der Waals surface area contributed by atoms with Gasteiger partial charge in [-0.15, -0.1) is 0 Å². The molecule has 3 aromatic rings. The number of benzene rings is 2. The summed E-state index contributed by atoms with van der Waals surface area (Å²) in [5.74, 6) is -1.43. The van der Waals surface area contributed by atoms with E-state index in [9.17, 15) is 17.2 Å². The molecule has 0 spiro atoms. The summed E-state index contributed by atoms with van der Waals surface area (Å²) in [5.41, 5.74) is 1.30. The summed E-state index contributed by atoms with van der Waals surface area (Å²) in [4.78, 5) is 0.453. The first-order chi connectivity index (χ1) is 10.3. The second kappa shape index (κ2) is 4.08. The molecule has 2 bridgehead atoms. The van der Waals surface area contributed by atoms with Crippen molar-refractivity contribution in [1.82, 2.24) is 4.57 Å². The fraction of sp³-hybridized carbons (Fsp3) is 0.0667. The lowest BCUT2D eigenvalue weighted by Crippen LogP contribution is -2.20. The number of aryl methyl sites for hydroxylation is 1. The number of nitrogens with zero attached hydrogens (tertiary/aromatic N) is 1. The van der Waals surface area contributed by atoms with Crippen molar-refractivity contribution >= 4 is 32.3 Å². The van der Waals surface area contributed by atoms with Crippen molar-refractivity contribution in [3.8, 4) is 5.69 Å². The van der Waals surface area contributed by atoms with Gasteiger partial charge in [0.2, 0.25) is 9.84 Å². The molecule has 2 aliphatic rings. The van der Waals surface area contributed by atoms with Gasteiger partial charge < -0.3 is 4.57 Å². The molecule has 0 aliphatic carbocycles. The molecule has 112 valence electrons. The molecule has 0 N–H and O–H groups in total. The lowest BCUT2D eigenvalue weighted by Gasteiger charge is -2.25. The van der Waals surface area contributed by atoms with E-state index in [1.807, 2.05) is 0 Å². The molecule has 0 saturated heterocycles. The Morgan fingerprint density at radius 1 is 1.09 bits per heavy atom. The summed E-state index contributed by atoms with van der Waals surface area (Å²) in [7, 11) is -3.47. The third kappa shape index (κ3) is 1.46. The lowest BCUT2D eigenvalue weighted by molar-refractivity contribution is 0.584. The van der Waals surface area contributed by atoms with Crippen molar-refractivity contribution in [2.75, 3.05) is 0 Å². The van der Waals surface area contributed by atoms with Gasteiger partial charge in [0, 0.05) is 6.20 Å². The first kappa shape index (κ1) is 13.7. The maximum absolute atomic E-state index is 14.2. The van der Waals surface area contributed by atoms with Gasteiger partial charge in [0.15, 0.2) is 5.82 Å². The van der Waals surface area contributed by atoms with E-state index in [1.165, 1.54) is 16.7 Å². The quantitative estimate of drug-likeness (QED) is 0.525. The predicted octanol–water partition coefficient (Wildman–Crippen LogP) is 4.02. The highest BCUT2D eigenvalue weighted by Crippen LogP contribution is 2.43. The molecule has 3 nitrogen and oxygen atoms in total. The van der Waals surface area contributed by atoms with Crippen molar-refractivity contribution in [2.45, 2.75) is 16.7 Å². The van der Waals surface area contributed by atoms with Crippen LogP contribution in [0.2, 0.25) is 5.02 Å². The largest absolute Gasteiger partial charge is 0.312 e. The molecule has 0 saturated carbocycles. The van der Waals surface area contributed by atoms with Crippen LogP contribution < -0.4 is 0 Å². The number of rotatable bonds is 1. The van der Waals surface area contributed by atoms with Gasteiger partial charge in [0.1, 0.15) is 5.82 Å². The lowest BCUT2D eigenvalue weighted by atomic mass is 10.2. The fourth-order valence-corrected chi connectivity index (χ4v) is 4.98. The average Bonchev–Trinajstić information content (AvgIpc) is 2.80. The molecular weight excluding hydrogens is 332 g/mol. The molecular formula is C15H8ClF2NO2S. The van der Waals surface area contributed by atoms with Crippen molar-refractivity contribution in [1.29, 1.82) is 0 Å². The maximum Gasteiger partial charge on any atom is 0.209 e. The molecule has 0 amide bonds. The molecule has 5 rings (SSSR count). The van der Waals surface area contributed by atoms with E-state index in [2.05, 4.69) is 0 Å². The van der Waals surface area contributed by atoms with Gasteiger partial charge in [-0.1, -0.05) is 11.6 Å². The average molecular weight is 340 g/mol. The summed E-state index contributed by atoms with van der Waals surface area (Å²) >= 11 is 5.82. The Hall–Kier alpha value is -1.92. The summed E-state index contributed by atoms with van der Waals surface area (Å²) in [6, 6.07) is 5.60.